The summed E-state index contributed by atoms with van der Waals surface area (Å²) in [6.07, 6.45) is 0. The lowest BCUT2D eigenvalue weighted by Gasteiger charge is -2.13. The number of anilines is 1. The van der Waals surface area contributed by atoms with E-state index in [4.69, 9.17) is 5.84 Å². The van der Waals surface area contributed by atoms with Gasteiger partial charge < -0.3 is 5.43 Å². The standard InChI is InChI=1S/C14H16N2/c1-10-11(2)14(16-15)9-8-13(10)12-6-4-3-5-7-12/h3-9,16H,15H2,1-2H3. The van der Waals surface area contributed by atoms with E-state index in [1.165, 1.54) is 22.3 Å². The molecule has 0 atom stereocenters. The van der Waals surface area contributed by atoms with Gasteiger partial charge in [-0.3, -0.25) is 5.84 Å². The molecule has 0 aliphatic rings. The van der Waals surface area contributed by atoms with Crippen molar-refractivity contribution in [2.75, 3.05) is 5.43 Å². The van der Waals surface area contributed by atoms with Gasteiger partial charge in [-0.2, -0.15) is 0 Å². The predicted molar refractivity (Wildman–Crippen MR) is 69.2 cm³/mol. The van der Waals surface area contributed by atoms with Gasteiger partial charge >= 0.3 is 0 Å². The maximum absolute atomic E-state index is 5.46. The van der Waals surface area contributed by atoms with Gasteiger partial charge in [-0.25, -0.2) is 0 Å². The molecule has 2 aromatic carbocycles. The maximum atomic E-state index is 5.46. The highest BCUT2D eigenvalue weighted by atomic mass is 15.2. The van der Waals surface area contributed by atoms with E-state index in [0.717, 1.165) is 5.69 Å². The van der Waals surface area contributed by atoms with E-state index in [1.54, 1.807) is 0 Å². The summed E-state index contributed by atoms with van der Waals surface area (Å²) < 4.78 is 0. The molecule has 0 saturated heterocycles. The Morgan fingerprint density at radius 3 is 2.19 bits per heavy atom. The molecule has 2 aromatic rings. The van der Waals surface area contributed by atoms with Crippen LogP contribution in [0.2, 0.25) is 0 Å². The number of nitrogen functional groups attached to an aromatic ring is 1. The summed E-state index contributed by atoms with van der Waals surface area (Å²) in [6.45, 7) is 4.20. The van der Waals surface area contributed by atoms with Crippen LogP contribution < -0.4 is 11.3 Å². The second kappa shape index (κ2) is 4.37. The number of benzene rings is 2. The molecule has 82 valence electrons. The second-order valence-corrected chi connectivity index (χ2v) is 3.92. The van der Waals surface area contributed by atoms with E-state index in [9.17, 15) is 0 Å². The molecule has 0 amide bonds. The molecule has 0 fully saturated rings. The van der Waals surface area contributed by atoms with Gasteiger partial charge in [0.15, 0.2) is 0 Å². The number of nitrogens with one attached hydrogen (secondary N) is 1. The van der Waals surface area contributed by atoms with Crippen LogP contribution in [-0.2, 0) is 0 Å². The van der Waals surface area contributed by atoms with Crippen LogP contribution in [0.5, 0.6) is 0 Å². The number of rotatable bonds is 2. The molecule has 2 heteroatoms. The zero-order valence-electron chi connectivity index (χ0n) is 9.62. The molecule has 3 N–H and O–H groups in total. The molecule has 0 unspecified atom stereocenters. The fourth-order valence-electron chi connectivity index (χ4n) is 1.91. The van der Waals surface area contributed by atoms with Crippen molar-refractivity contribution < 1.29 is 0 Å². The van der Waals surface area contributed by atoms with E-state index in [-0.39, 0.29) is 0 Å². The third-order valence-corrected chi connectivity index (χ3v) is 3.03. The van der Waals surface area contributed by atoms with Crippen molar-refractivity contribution in [1.29, 1.82) is 0 Å². The van der Waals surface area contributed by atoms with Gasteiger partial charge in [0.25, 0.3) is 0 Å². The summed E-state index contributed by atoms with van der Waals surface area (Å²) in [5.41, 5.74) is 8.67. The van der Waals surface area contributed by atoms with Crippen LogP contribution in [0.15, 0.2) is 42.5 Å². The molecule has 0 bridgehead atoms. The second-order valence-electron chi connectivity index (χ2n) is 3.92. The minimum Gasteiger partial charge on any atom is -0.324 e. The summed E-state index contributed by atoms with van der Waals surface area (Å²) in [4.78, 5) is 0. The molecule has 0 radical (unpaired) electrons. The fraction of sp³-hybridized carbons (Fsp3) is 0.143. The number of hydrazine groups is 1. The Morgan fingerprint density at radius 1 is 0.875 bits per heavy atom. The Kier molecular flexibility index (Phi) is 2.93. The van der Waals surface area contributed by atoms with E-state index >= 15 is 0 Å². The summed E-state index contributed by atoms with van der Waals surface area (Å²) in [5, 5.41) is 0. The molecular weight excluding hydrogens is 196 g/mol. The van der Waals surface area contributed by atoms with E-state index < -0.39 is 0 Å². The zero-order valence-corrected chi connectivity index (χ0v) is 9.62. The average molecular weight is 212 g/mol. The minimum atomic E-state index is 0.984. The highest BCUT2D eigenvalue weighted by molar-refractivity contribution is 5.72. The normalized spacial score (nSPS) is 10.2. The van der Waals surface area contributed by atoms with Crippen LogP contribution in [0.1, 0.15) is 11.1 Å². The van der Waals surface area contributed by atoms with E-state index in [1.807, 2.05) is 12.1 Å². The summed E-state index contributed by atoms with van der Waals surface area (Å²) in [6, 6.07) is 14.5. The zero-order chi connectivity index (χ0) is 11.5. The van der Waals surface area contributed by atoms with Crippen molar-refractivity contribution in [3.8, 4) is 11.1 Å². The first-order valence-corrected chi connectivity index (χ1v) is 5.36. The average Bonchev–Trinajstić information content (AvgIpc) is 2.34. The van der Waals surface area contributed by atoms with Crippen LogP contribution >= 0.6 is 0 Å². The first-order valence-electron chi connectivity index (χ1n) is 5.36. The molecule has 16 heavy (non-hydrogen) atoms. The van der Waals surface area contributed by atoms with Crippen molar-refractivity contribution in [1.82, 2.24) is 0 Å². The Bertz CT molecular complexity index is 490. The smallest absolute Gasteiger partial charge is 0.0517 e. The van der Waals surface area contributed by atoms with Gasteiger partial charge in [0.1, 0.15) is 0 Å². The first-order chi connectivity index (χ1) is 7.74. The molecule has 0 aliphatic heterocycles. The Labute approximate surface area is 96.1 Å². The molecule has 0 aliphatic carbocycles. The Balaban J connectivity index is 2.56. The molecule has 2 nitrogen and oxygen atoms in total. The third kappa shape index (κ3) is 1.79. The Hall–Kier alpha value is -1.80. The van der Waals surface area contributed by atoms with Crippen LogP contribution in [-0.4, -0.2) is 0 Å². The highest BCUT2D eigenvalue weighted by Gasteiger charge is 2.06. The highest BCUT2D eigenvalue weighted by Crippen LogP contribution is 2.29. The molecule has 0 saturated carbocycles. The Morgan fingerprint density at radius 2 is 1.56 bits per heavy atom. The van der Waals surface area contributed by atoms with Crippen molar-refractivity contribution in [3.05, 3.63) is 53.6 Å². The topological polar surface area (TPSA) is 38.0 Å². The lowest BCUT2D eigenvalue weighted by atomic mass is 9.96. The van der Waals surface area contributed by atoms with Crippen LogP contribution in [0.25, 0.3) is 11.1 Å². The lowest BCUT2D eigenvalue weighted by molar-refractivity contribution is 1.27. The molecule has 0 spiro atoms. The molecule has 0 aromatic heterocycles. The van der Waals surface area contributed by atoms with Gasteiger partial charge in [-0.1, -0.05) is 36.4 Å². The van der Waals surface area contributed by atoms with Gasteiger partial charge in [0.05, 0.1) is 5.69 Å². The van der Waals surface area contributed by atoms with Gasteiger partial charge in [0.2, 0.25) is 0 Å². The van der Waals surface area contributed by atoms with Crippen molar-refractivity contribution >= 4 is 5.69 Å². The van der Waals surface area contributed by atoms with Crippen molar-refractivity contribution in [2.24, 2.45) is 5.84 Å². The van der Waals surface area contributed by atoms with E-state index in [0.29, 0.717) is 0 Å². The largest absolute Gasteiger partial charge is 0.324 e. The van der Waals surface area contributed by atoms with Crippen molar-refractivity contribution in [3.63, 3.8) is 0 Å². The SMILES string of the molecule is Cc1c(NN)ccc(-c2ccccc2)c1C. The minimum absolute atomic E-state index is 0.984. The number of nitrogens with two attached hydrogens (primary N) is 1. The summed E-state index contributed by atoms with van der Waals surface area (Å²) in [5.74, 6) is 5.46. The number of hydrogen-bond donors (Lipinski definition) is 2. The van der Waals surface area contributed by atoms with Crippen LogP contribution in [0, 0.1) is 13.8 Å². The number of hydrogen-bond acceptors (Lipinski definition) is 2. The quantitative estimate of drug-likeness (QED) is 0.592. The monoisotopic (exact) mass is 212 g/mol. The van der Waals surface area contributed by atoms with Gasteiger partial charge in [-0.05, 0) is 42.2 Å². The summed E-state index contributed by atoms with van der Waals surface area (Å²) in [7, 11) is 0. The molecule has 0 heterocycles. The van der Waals surface area contributed by atoms with E-state index in [2.05, 4.69) is 49.6 Å². The molecular formula is C14H16N2. The van der Waals surface area contributed by atoms with Gasteiger partial charge in [0, 0.05) is 0 Å². The lowest BCUT2D eigenvalue weighted by Crippen LogP contribution is -2.08. The van der Waals surface area contributed by atoms with Crippen molar-refractivity contribution in [2.45, 2.75) is 13.8 Å². The predicted octanol–water partition coefficient (Wildman–Crippen LogP) is 3.26. The third-order valence-electron chi connectivity index (χ3n) is 3.03. The van der Waals surface area contributed by atoms with Gasteiger partial charge in [-0.15, -0.1) is 0 Å². The van der Waals surface area contributed by atoms with Crippen LogP contribution in [0.3, 0.4) is 0 Å². The molecule has 2 rings (SSSR count). The fourth-order valence-corrected chi connectivity index (χ4v) is 1.91. The maximum Gasteiger partial charge on any atom is 0.0517 e. The first kappa shape index (κ1) is 10.7. The van der Waals surface area contributed by atoms with Crippen LogP contribution in [0.4, 0.5) is 5.69 Å². The summed E-state index contributed by atoms with van der Waals surface area (Å²) >= 11 is 0.